The van der Waals surface area contributed by atoms with Crippen LogP contribution in [0.2, 0.25) is 0 Å². The van der Waals surface area contributed by atoms with Gasteiger partial charge in [0.1, 0.15) is 12.6 Å². The third kappa shape index (κ3) is 5.72. The van der Waals surface area contributed by atoms with Gasteiger partial charge in [0.25, 0.3) is 0 Å². The summed E-state index contributed by atoms with van der Waals surface area (Å²) in [5.74, 6) is -1.18. The molecule has 0 saturated carbocycles. The second kappa shape index (κ2) is 11.0. The standard InChI is InChI=1S/C26H32N2O5/c1-4-23(25(31)28(17(2)3)15-9-14-24(29)30)27-26(32)33-16-22-20-12-7-5-10-18(20)19-11-6-8-13-21(19)22/h5-8,10-13,17,22-23H,4,9,14-16H2,1-3H3,(H,27,32)(H,29,30). The van der Waals surface area contributed by atoms with Crippen LogP contribution in [0.1, 0.15) is 57.1 Å². The van der Waals surface area contributed by atoms with Crippen molar-refractivity contribution >= 4 is 18.0 Å². The quantitative estimate of drug-likeness (QED) is 0.557. The molecule has 0 aromatic heterocycles. The summed E-state index contributed by atoms with van der Waals surface area (Å²) < 4.78 is 5.58. The number of ether oxygens (including phenoxy) is 1. The van der Waals surface area contributed by atoms with Crippen molar-refractivity contribution in [3.8, 4) is 11.1 Å². The van der Waals surface area contributed by atoms with E-state index in [0.717, 1.165) is 22.3 Å². The van der Waals surface area contributed by atoms with Crippen LogP contribution in [0.25, 0.3) is 11.1 Å². The van der Waals surface area contributed by atoms with Crippen LogP contribution in [0.3, 0.4) is 0 Å². The Kier molecular flexibility index (Phi) is 8.09. The molecule has 0 radical (unpaired) electrons. The summed E-state index contributed by atoms with van der Waals surface area (Å²) >= 11 is 0. The number of carbonyl (C=O) groups excluding carboxylic acids is 2. The number of carboxylic acids is 1. The second-order valence-corrected chi connectivity index (χ2v) is 8.55. The lowest BCUT2D eigenvalue weighted by molar-refractivity contribution is -0.139. The first kappa shape index (κ1) is 24.3. The summed E-state index contributed by atoms with van der Waals surface area (Å²) in [4.78, 5) is 38.1. The van der Waals surface area contributed by atoms with E-state index >= 15 is 0 Å². The van der Waals surface area contributed by atoms with Crippen LogP contribution in [0.15, 0.2) is 48.5 Å². The molecule has 7 heteroatoms. The maximum absolute atomic E-state index is 13.0. The van der Waals surface area contributed by atoms with Crippen molar-refractivity contribution in [1.29, 1.82) is 0 Å². The van der Waals surface area contributed by atoms with Crippen molar-refractivity contribution in [3.63, 3.8) is 0 Å². The number of fused-ring (bicyclic) bond motifs is 3. The Morgan fingerprint density at radius 2 is 1.61 bits per heavy atom. The van der Waals surface area contributed by atoms with Crippen LogP contribution in [0, 0.1) is 0 Å². The molecule has 7 nitrogen and oxygen atoms in total. The highest BCUT2D eigenvalue weighted by molar-refractivity contribution is 5.86. The lowest BCUT2D eigenvalue weighted by Gasteiger charge is -2.30. The fraction of sp³-hybridized carbons (Fsp3) is 0.423. The number of carboxylic acid groups (broad SMARTS) is 1. The van der Waals surface area contributed by atoms with Gasteiger partial charge in [-0.2, -0.15) is 0 Å². The average Bonchev–Trinajstić information content (AvgIpc) is 3.12. The predicted molar refractivity (Wildman–Crippen MR) is 126 cm³/mol. The molecule has 3 rings (SSSR count). The maximum Gasteiger partial charge on any atom is 0.407 e. The fourth-order valence-electron chi connectivity index (χ4n) is 4.34. The zero-order chi connectivity index (χ0) is 24.0. The third-order valence-corrected chi connectivity index (χ3v) is 6.04. The maximum atomic E-state index is 13.0. The van der Waals surface area contributed by atoms with E-state index in [2.05, 4.69) is 29.6 Å². The minimum atomic E-state index is -0.894. The van der Waals surface area contributed by atoms with E-state index in [1.807, 2.05) is 45.0 Å². The van der Waals surface area contributed by atoms with E-state index < -0.39 is 18.1 Å². The van der Waals surface area contributed by atoms with Gasteiger partial charge in [0.05, 0.1) is 0 Å². The number of amides is 2. The van der Waals surface area contributed by atoms with Gasteiger partial charge in [0.15, 0.2) is 0 Å². The molecule has 1 aliphatic carbocycles. The number of hydrogen-bond acceptors (Lipinski definition) is 4. The first-order chi connectivity index (χ1) is 15.8. The molecule has 2 aromatic carbocycles. The van der Waals surface area contributed by atoms with E-state index in [1.165, 1.54) is 0 Å². The number of aliphatic carboxylic acids is 1. The smallest absolute Gasteiger partial charge is 0.407 e. The summed E-state index contributed by atoms with van der Waals surface area (Å²) in [5.41, 5.74) is 4.55. The van der Waals surface area contributed by atoms with Crippen LogP contribution in [0.4, 0.5) is 4.79 Å². The molecule has 2 amide bonds. The Hall–Kier alpha value is -3.35. The molecular weight excluding hydrogens is 420 g/mol. The van der Waals surface area contributed by atoms with Gasteiger partial charge in [-0.25, -0.2) is 4.79 Å². The molecule has 176 valence electrons. The zero-order valence-electron chi connectivity index (χ0n) is 19.4. The molecular formula is C26H32N2O5. The molecule has 0 saturated heterocycles. The van der Waals surface area contributed by atoms with Crippen molar-refractivity contribution in [1.82, 2.24) is 10.2 Å². The van der Waals surface area contributed by atoms with E-state index in [1.54, 1.807) is 4.90 Å². The number of hydrogen-bond donors (Lipinski definition) is 2. The van der Waals surface area contributed by atoms with Crippen LogP contribution in [-0.4, -0.2) is 53.2 Å². The van der Waals surface area contributed by atoms with Gasteiger partial charge >= 0.3 is 12.1 Å². The minimum absolute atomic E-state index is 0.00685. The van der Waals surface area contributed by atoms with Crippen molar-refractivity contribution in [3.05, 3.63) is 59.7 Å². The number of rotatable bonds is 10. The molecule has 2 aromatic rings. The Labute approximate surface area is 194 Å². The normalized spacial score (nSPS) is 13.2. The summed E-state index contributed by atoms with van der Waals surface area (Å²) in [5, 5.41) is 11.6. The van der Waals surface area contributed by atoms with E-state index in [4.69, 9.17) is 9.84 Å². The highest BCUT2D eigenvalue weighted by Crippen LogP contribution is 2.44. The number of alkyl carbamates (subject to hydrolysis) is 1. The molecule has 0 heterocycles. The first-order valence-electron chi connectivity index (χ1n) is 11.5. The number of carbonyl (C=O) groups is 3. The molecule has 0 bridgehead atoms. The molecule has 0 spiro atoms. The van der Waals surface area contributed by atoms with Crippen LogP contribution in [0.5, 0.6) is 0 Å². The third-order valence-electron chi connectivity index (χ3n) is 6.04. The average molecular weight is 453 g/mol. The van der Waals surface area contributed by atoms with Gasteiger partial charge in [-0.05, 0) is 48.9 Å². The van der Waals surface area contributed by atoms with E-state index in [-0.39, 0.29) is 30.9 Å². The molecule has 1 aliphatic rings. The number of nitrogens with one attached hydrogen (secondary N) is 1. The molecule has 1 atom stereocenters. The van der Waals surface area contributed by atoms with Crippen LogP contribution in [-0.2, 0) is 14.3 Å². The molecule has 1 unspecified atom stereocenters. The minimum Gasteiger partial charge on any atom is -0.481 e. The Balaban J connectivity index is 1.62. The summed E-state index contributed by atoms with van der Waals surface area (Å²) in [7, 11) is 0. The largest absolute Gasteiger partial charge is 0.481 e. The second-order valence-electron chi connectivity index (χ2n) is 8.55. The van der Waals surface area contributed by atoms with Crippen molar-refractivity contribution in [2.24, 2.45) is 0 Å². The number of benzene rings is 2. The zero-order valence-corrected chi connectivity index (χ0v) is 19.4. The topological polar surface area (TPSA) is 95.9 Å². The Morgan fingerprint density at radius 3 is 2.12 bits per heavy atom. The van der Waals surface area contributed by atoms with Gasteiger partial charge in [0.2, 0.25) is 5.91 Å². The lowest BCUT2D eigenvalue weighted by atomic mass is 9.98. The highest BCUT2D eigenvalue weighted by Gasteiger charge is 2.30. The van der Waals surface area contributed by atoms with Crippen molar-refractivity contribution in [2.45, 2.75) is 58.0 Å². The highest BCUT2D eigenvalue weighted by atomic mass is 16.5. The molecule has 33 heavy (non-hydrogen) atoms. The van der Waals surface area contributed by atoms with Crippen LogP contribution >= 0.6 is 0 Å². The molecule has 0 aliphatic heterocycles. The monoisotopic (exact) mass is 452 g/mol. The lowest BCUT2D eigenvalue weighted by Crippen LogP contribution is -2.51. The van der Waals surface area contributed by atoms with Gasteiger partial charge in [-0.15, -0.1) is 0 Å². The summed E-state index contributed by atoms with van der Waals surface area (Å²) in [6, 6.07) is 15.4. The number of nitrogens with zero attached hydrogens (tertiary/aromatic N) is 1. The molecule has 0 fully saturated rings. The van der Waals surface area contributed by atoms with Gasteiger partial charge in [-0.1, -0.05) is 55.5 Å². The Bertz CT molecular complexity index is 958. The first-order valence-corrected chi connectivity index (χ1v) is 11.5. The summed E-state index contributed by atoms with van der Waals surface area (Å²) in [6.07, 6.45) is 0.130. The van der Waals surface area contributed by atoms with Gasteiger partial charge in [-0.3, -0.25) is 9.59 Å². The van der Waals surface area contributed by atoms with Crippen molar-refractivity contribution in [2.75, 3.05) is 13.2 Å². The van der Waals surface area contributed by atoms with Crippen molar-refractivity contribution < 1.29 is 24.2 Å². The predicted octanol–water partition coefficient (Wildman–Crippen LogP) is 4.41. The van der Waals surface area contributed by atoms with Gasteiger partial charge < -0.3 is 20.1 Å². The van der Waals surface area contributed by atoms with Gasteiger partial charge in [0, 0.05) is 24.9 Å². The Morgan fingerprint density at radius 1 is 1.03 bits per heavy atom. The van der Waals surface area contributed by atoms with E-state index in [0.29, 0.717) is 19.4 Å². The van der Waals surface area contributed by atoms with Crippen LogP contribution < -0.4 is 5.32 Å². The summed E-state index contributed by atoms with van der Waals surface area (Å²) in [6.45, 7) is 6.07. The molecule has 2 N–H and O–H groups in total. The fourth-order valence-corrected chi connectivity index (χ4v) is 4.34. The van der Waals surface area contributed by atoms with E-state index in [9.17, 15) is 14.4 Å². The SMILES string of the molecule is CCC(NC(=O)OCC1c2ccccc2-c2ccccc21)C(=O)N(CCCC(=O)O)C(C)C.